The third kappa shape index (κ3) is 3.23. The second kappa shape index (κ2) is 7.14. The predicted molar refractivity (Wildman–Crippen MR) is 92.2 cm³/mol. The van der Waals surface area contributed by atoms with E-state index in [2.05, 4.69) is 20.3 Å². The minimum atomic E-state index is 0.232. The lowest BCUT2D eigenvalue weighted by Gasteiger charge is -2.12. The van der Waals surface area contributed by atoms with Crippen molar-refractivity contribution in [1.82, 2.24) is 19.5 Å². The average Bonchev–Trinajstić information content (AvgIpc) is 2.98. The van der Waals surface area contributed by atoms with Gasteiger partial charge in [0.2, 0.25) is 5.95 Å². The van der Waals surface area contributed by atoms with Crippen molar-refractivity contribution in [2.75, 3.05) is 38.4 Å². The summed E-state index contributed by atoms with van der Waals surface area (Å²) < 4.78 is 12.5. The van der Waals surface area contributed by atoms with E-state index >= 15 is 0 Å². The van der Waals surface area contributed by atoms with Gasteiger partial charge in [0.1, 0.15) is 17.0 Å². The molecule has 0 aliphatic rings. The molecular weight excluding hydrogens is 308 g/mol. The van der Waals surface area contributed by atoms with E-state index in [4.69, 9.17) is 15.2 Å². The summed E-state index contributed by atoms with van der Waals surface area (Å²) in [5.41, 5.74) is 8.28. The van der Waals surface area contributed by atoms with Gasteiger partial charge in [0.15, 0.2) is 5.82 Å². The van der Waals surface area contributed by atoms with Gasteiger partial charge in [0, 0.05) is 26.0 Å². The smallest absolute Gasteiger partial charge is 0.222 e. The van der Waals surface area contributed by atoms with E-state index in [-0.39, 0.29) is 5.95 Å². The van der Waals surface area contributed by atoms with Gasteiger partial charge in [0.05, 0.1) is 25.8 Å². The Morgan fingerprint density at radius 1 is 1.25 bits per heavy atom. The highest BCUT2D eigenvalue weighted by molar-refractivity contribution is 5.87. The van der Waals surface area contributed by atoms with E-state index in [1.165, 1.54) is 0 Å². The van der Waals surface area contributed by atoms with Crippen LogP contribution in [0.3, 0.4) is 0 Å². The Kier molecular flexibility index (Phi) is 4.76. The summed E-state index contributed by atoms with van der Waals surface area (Å²) in [7, 11) is 3.29. The third-order valence-corrected chi connectivity index (χ3v) is 3.61. The van der Waals surface area contributed by atoms with Crippen LogP contribution >= 0.6 is 0 Å². The molecule has 3 heterocycles. The van der Waals surface area contributed by atoms with Crippen LogP contribution in [0.5, 0.6) is 5.75 Å². The van der Waals surface area contributed by atoms with Crippen molar-refractivity contribution in [1.29, 1.82) is 0 Å². The largest absolute Gasteiger partial charge is 0.495 e. The summed E-state index contributed by atoms with van der Waals surface area (Å²) in [5, 5.41) is 3.24. The number of nitrogen functional groups attached to an aromatic ring is 1. The number of anilines is 2. The molecule has 3 N–H and O–H groups in total. The van der Waals surface area contributed by atoms with Gasteiger partial charge < -0.3 is 25.1 Å². The van der Waals surface area contributed by atoms with Gasteiger partial charge in [-0.2, -0.15) is 4.98 Å². The highest BCUT2D eigenvalue weighted by atomic mass is 16.5. The molecule has 0 saturated carbocycles. The summed E-state index contributed by atoms with van der Waals surface area (Å²) in [6, 6.07) is 5.64. The Bertz CT molecular complexity index is 833. The average molecular weight is 328 g/mol. The molecule has 8 heteroatoms. The minimum Gasteiger partial charge on any atom is -0.495 e. The molecule has 0 radical (unpaired) electrons. The van der Waals surface area contributed by atoms with Crippen molar-refractivity contribution < 1.29 is 9.47 Å². The topological polar surface area (TPSA) is 100 Å². The van der Waals surface area contributed by atoms with Gasteiger partial charge in [0.25, 0.3) is 0 Å². The first-order chi connectivity index (χ1) is 11.7. The van der Waals surface area contributed by atoms with Crippen molar-refractivity contribution in [3.05, 3.63) is 36.3 Å². The number of nitrogens with two attached hydrogens (primary N) is 1. The number of rotatable bonds is 7. The van der Waals surface area contributed by atoms with Gasteiger partial charge in [-0.25, -0.2) is 4.98 Å². The lowest BCUT2D eigenvalue weighted by atomic mass is 10.3. The van der Waals surface area contributed by atoms with Crippen LogP contribution in [0.15, 0.2) is 30.6 Å². The Balaban J connectivity index is 1.99. The van der Waals surface area contributed by atoms with Crippen LogP contribution in [0.4, 0.5) is 11.8 Å². The summed E-state index contributed by atoms with van der Waals surface area (Å²) in [6.45, 7) is 1.74. The first-order valence-corrected chi connectivity index (χ1v) is 7.56. The number of nitrogens with zero attached hydrogens (tertiary/aromatic N) is 4. The molecule has 24 heavy (non-hydrogen) atoms. The third-order valence-electron chi connectivity index (χ3n) is 3.61. The van der Waals surface area contributed by atoms with Crippen LogP contribution < -0.4 is 15.8 Å². The number of nitrogens with one attached hydrogen (secondary N) is 1. The quantitative estimate of drug-likeness (QED) is 0.634. The van der Waals surface area contributed by atoms with Crippen LogP contribution in [0, 0.1) is 0 Å². The maximum Gasteiger partial charge on any atom is 0.222 e. The van der Waals surface area contributed by atoms with E-state index in [0.29, 0.717) is 25.5 Å². The van der Waals surface area contributed by atoms with E-state index < -0.39 is 0 Å². The summed E-state index contributed by atoms with van der Waals surface area (Å²) in [6.07, 6.45) is 3.68. The highest BCUT2D eigenvalue weighted by Gasteiger charge is 2.13. The van der Waals surface area contributed by atoms with Crippen LogP contribution in [-0.2, 0) is 11.3 Å². The molecule has 0 unspecified atom stereocenters. The van der Waals surface area contributed by atoms with Crippen molar-refractivity contribution >= 4 is 22.8 Å². The maximum atomic E-state index is 5.80. The number of aromatic nitrogens is 4. The standard InChI is InChI=1S/C16H20N6O2/c1-23-9-7-19-15-14-11(20-16(17)21-15)5-8-22(14)10-12-13(24-2)4-3-6-18-12/h3-6,8H,7,9-10H2,1-2H3,(H3,17,19,20,21). The van der Waals surface area contributed by atoms with E-state index in [1.807, 2.05) is 29.0 Å². The van der Waals surface area contributed by atoms with Gasteiger partial charge in [-0.1, -0.05) is 0 Å². The fraction of sp³-hybridized carbons (Fsp3) is 0.312. The molecule has 0 fully saturated rings. The second-order valence-corrected chi connectivity index (χ2v) is 5.18. The molecule has 126 valence electrons. The van der Waals surface area contributed by atoms with Crippen molar-refractivity contribution in [3.8, 4) is 5.75 Å². The second-order valence-electron chi connectivity index (χ2n) is 5.18. The molecule has 3 rings (SSSR count). The predicted octanol–water partition coefficient (Wildman–Crippen LogP) is 1.52. The van der Waals surface area contributed by atoms with Crippen LogP contribution in [-0.4, -0.2) is 46.9 Å². The lowest BCUT2D eigenvalue weighted by molar-refractivity contribution is 0.210. The molecule has 3 aromatic rings. The van der Waals surface area contributed by atoms with Crippen molar-refractivity contribution in [2.24, 2.45) is 0 Å². The molecule has 0 atom stereocenters. The normalized spacial score (nSPS) is 10.9. The zero-order chi connectivity index (χ0) is 16.9. The number of hydrogen-bond acceptors (Lipinski definition) is 7. The molecule has 0 aliphatic carbocycles. The summed E-state index contributed by atoms with van der Waals surface area (Å²) in [5.74, 6) is 1.65. The Morgan fingerprint density at radius 2 is 2.12 bits per heavy atom. The molecule has 0 aliphatic heterocycles. The molecule has 0 aromatic carbocycles. The zero-order valence-electron chi connectivity index (χ0n) is 13.7. The zero-order valence-corrected chi connectivity index (χ0v) is 13.7. The lowest BCUT2D eigenvalue weighted by Crippen LogP contribution is -2.12. The number of pyridine rings is 1. The fourth-order valence-electron chi connectivity index (χ4n) is 2.54. The van der Waals surface area contributed by atoms with E-state index in [0.717, 1.165) is 22.5 Å². The van der Waals surface area contributed by atoms with E-state index in [1.54, 1.807) is 20.4 Å². The monoisotopic (exact) mass is 328 g/mol. The van der Waals surface area contributed by atoms with Gasteiger partial charge >= 0.3 is 0 Å². The first kappa shape index (κ1) is 16.0. The SMILES string of the molecule is COCCNc1nc(N)nc2ccn(Cc3ncccc3OC)c12. The molecular formula is C16H20N6O2. The van der Waals surface area contributed by atoms with Gasteiger partial charge in [-0.15, -0.1) is 0 Å². The molecule has 0 amide bonds. The Morgan fingerprint density at radius 3 is 2.92 bits per heavy atom. The molecule has 8 nitrogen and oxygen atoms in total. The number of ether oxygens (including phenoxy) is 2. The van der Waals surface area contributed by atoms with Crippen molar-refractivity contribution in [3.63, 3.8) is 0 Å². The number of methoxy groups -OCH3 is 2. The Labute approximate surface area is 139 Å². The van der Waals surface area contributed by atoms with E-state index in [9.17, 15) is 0 Å². The number of hydrogen-bond donors (Lipinski definition) is 2. The minimum absolute atomic E-state index is 0.232. The molecule has 0 saturated heterocycles. The van der Waals surface area contributed by atoms with Crippen LogP contribution in [0.25, 0.3) is 11.0 Å². The molecule has 0 bridgehead atoms. The van der Waals surface area contributed by atoms with Gasteiger partial charge in [-0.05, 0) is 18.2 Å². The van der Waals surface area contributed by atoms with Crippen LogP contribution in [0.2, 0.25) is 0 Å². The van der Waals surface area contributed by atoms with Crippen LogP contribution in [0.1, 0.15) is 5.69 Å². The summed E-state index contributed by atoms with van der Waals surface area (Å²) >= 11 is 0. The Hall–Kier alpha value is -2.87. The number of fused-ring (bicyclic) bond motifs is 1. The molecule has 0 spiro atoms. The highest BCUT2D eigenvalue weighted by Crippen LogP contribution is 2.25. The maximum absolute atomic E-state index is 5.80. The molecule has 3 aromatic heterocycles. The fourth-order valence-corrected chi connectivity index (χ4v) is 2.54. The van der Waals surface area contributed by atoms with Gasteiger partial charge in [-0.3, -0.25) is 4.98 Å². The summed E-state index contributed by atoms with van der Waals surface area (Å²) in [4.78, 5) is 13.0. The van der Waals surface area contributed by atoms with Crippen molar-refractivity contribution in [2.45, 2.75) is 6.54 Å². The first-order valence-electron chi connectivity index (χ1n) is 7.56.